The van der Waals surface area contributed by atoms with E-state index in [1.807, 2.05) is 13.1 Å². The number of rotatable bonds is 4. The molecule has 0 aliphatic rings. The number of nitrogen functional groups attached to an aromatic ring is 1. The third-order valence-corrected chi connectivity index (χ3v) is 3.00. The summed E-state index contributed by atoms with van der Waals surface area (Å²) in [6.45, 7) is 0.644. The Kier molecular flexibility index (Phi) is 3.72. The summed E-state index contributed by atoms with van der Waals surface area (Å²) in [4.78, 5) is 0. The summed E-state index contributed by atoms with van der Waals surface area (Å²) >= 11 is 5.63. The standard InChI is InChI=1S/C12H14ClFN4/c1-18-8(3-5-17-18)2-4-16-12-7-10(14)9(13)6-11(12)15/h3,5-7,16H,2,4,15H2,1H3. The van der Waals surface area contributed by atoms with E-state index in [9.17, 15) is 4.39 Å². The highest BCUT2D eigenvalue weighted by Crippen LogP contribution is 2.25. The largest absolute Gasteiger partial charge is 0.397 e. The van der Waals surface area contributed by atoms with Crippen LogP contribution in [0.1, 0.15) is 5.69 Å². The van der Waals surface area contributed by atoms with Gasteiger partial charge >= 0.3 is 0 Å². The van der Waals surface area contributed by atoms with Crippen molar-refractivity contribution < 1.29 is 4.39 Å². The maximum absolute atomic E-state index is 13.3. The number of halogens is 2. The van der Waals surface area contributed by atoms with Crippen LogP contribution < -0.4 is 11.1 Å². The van der Waals surface area contributed by atoms with Crippen molar-refractivity contribution in [1.29, 1.82) is 0 Å². The number of aromatic nitrogens is 2. The summed E-state index contributed by atoms with van der Waals surface area (Å²) in [5, 5.41) is 7.19. The first-order valence-corrected chi connectivity index (χ1v) is 5.91. The van der Waals surface area contributed by atoms with Crippen molar-refractivity contribution >= 4 is 23.0 Å². The lowest BCUT2D eigenvalue weighted by molar-refractivity contribution is 0.629. The van der Waals surface area contributed by atoms with Gasteiger partial charge in [0.05, 0.1) is 16.4 Å². The maximum Gasteiger partial charge on any atom is 0.143 e. The van der Waals surface area contributed by atoms with Gasteiger partial charge in [-0.05, 0) is 12.1 Å². The fraction of sp³-hybridized carbons (Fsp3) is 0.250. The predicted molar refractivity (Wildman–Crippen MR) is 71.2 cm³/mol. The van der Waals surface area contributed by atoms with Gasteiger partial charge in [-0.1, -0.05) is 11.6 Å². The van der Waals surface area contributed by atoms with E-state index in [1.165, 1.54) is 12.1 Å². The molecular weight excluding hydrogens is 255 g/mol. The van der Waals surface area contributed by atoms with Crippen LogP contribution in [0.15, 0.2) is 24.4 Å². The molecule has 6 heteroatoms. The minimum absolute atomic E-state index is 0.0321. The van der Waals surface area contributed by atoms with Crippen LogP contribution in [0.2, 0.25) is 5.02 Å². The molecular formula is C12H14ClFN4. The molecule has 0 radical (unpaired) electrons. The molecule has 0 fully saturated rings. The van der Waals surface area contributed by atoms with Crippen molar-refractivity contribution in [3.63, 3.8) is 0 Å². The van der Waals surface area contributed by atoms with Crippen LogP contribution >= 0.6 is 11.6 Å². The van der Waals surface area contributed by atoms with Gasteiger partial charge < -0.3 is 11.1 Å². The zero-order valence-corrected chi connectivity index (χ0v) is 10.7. The van der Waals surface area contributed by atoms with Crippen LogP contribution in [0.3, 0.4) is 0 Å². The molecule has 0 bridgehead atoms. The Morgan fingerprint density at radius 1 is 1.50 bits per heavy atom. The Balaban J connectivity index is 1.99. The van der Waals surface area contributed by atoms with Crippen molar-refractivity contribution in [3.8, 4) is 0 Å². The topological polar surface area (TPSA) is 55.9 Å². The number of hydrogen-bond donors (Lipinski definition) is 2. The quantitative estimate of drug-likeness (QED) is 0.838. The summed E-state index contributed by atoms with van der Waals surface area (Å²) in [7, 11) is 1.88. The molecule has 0 aliphatic heterocycles. The monoisotopic (exact) mass is 268 g/mol. The molecule has 0 spiro atoms. The molecule has 1 aromatic heterocycles. The van der Waals surface area contributed by atoms with E-state index in [-0.39, 0.29) is 5.02 Å². The first-order chi connectivity index (χ1) is 8.58. The molecule has 0 unspecified atom stereocenters. The van der Waals surface area contributed by atoms with Crippen LogP contribution in [0.25, 0.3) is 0 Å². The molecule has 1 heterocycles. The minimum Gasteiger partial charge on any atom is -0.397 e. The van der Waals surface area contributed by atoms with Crippen molar-refractivity contribution in [2.45, 2.75) is 6.42 Å². The number of nitrogens with two attached hydrogens (primary N) is 1. The predicted octanol–water partition coefficient (Wildman–Crippen LogP) is 2.45. The fourth-order valence-corrected chi connectivity index (χ4v) is 1.86. The Bertz CT molecular complexity index is 553. The van der Waals surface area contributed by atoms with Crippen molar-refractivity contribution in [1.82, 2.24) is 9.78 Å². The molecule has 2 rings (SSSR count). The van der Waals surface area contributed by atoms with Crippen LogP contribution in [-0.2, 0) is 13.5 Å². The van der Waals surface area contributed by atoms with Gasteiger partial charge in [0.1, 0.15) is 5.82 Å². The Labute approximate surface area is 110 Å². The molecule has 0 saturated heterocycles. The second-order valence-corrected chi connectivity index (χ2v) is 4.38. The summed E-state index contributed by atoms with van der Waals surface area (Å²) < 4.78 is 15.1. The molecule has 4 nitrogen and oxygen atoms in total. The van der Waals surface area contributed by atoms with Crippen LogP contribution in [-0.4, -0.2) is 16.3 Å². The van der Waals surface area contributed by atoms with Gasteiger partial charge in [0.15, 0.2) is 0 Å². The van der Waals surface area contributed by atoms with Gasteiger partial charge in [0.2, 0.25) is 0 Å². The SMILES string of the molecule is Cn1nccc1CCNc1cc(F)c(Cl)cc1N. The lowest BCUT2D eigenvalue weighted by Crippen LogP contribution is -2.09. The van der Waals surface area contributed by atoms with Gasteiger partial charge in [-0.2, -0.15) is 5.10 Å². The van der Waals surface area contributed by atoms with E-state index in [1.54, 1.807) is 10.9 Å². The molecule has 0 aliphatic carbocycles. The van der Waals surface area contributed by atoms with E-state index in [4.69, 9.17) is 17.3 Å². The highest BCUT2D eigenvalue weighted by molar-refractivity contribution is 6.31. The van der Waals surface area contributed by atoms with Crippen molar-refractivity contribution in [2.24, 2.45) is 7.05 Å². The second-order valence-electron chi connectivity index (χ2n) is 3.98. The molecule has 1 aromatic carbocycles. The summed E-state index contributed by atoms with van der Waals surface area (Å²) in [5.41, 5.74) is 7.83. The maximum atomic E-state index is 13.3. The van der Waals surface area contributed by atoms with Gasteiger partial charge in [0.25, 0.3) is 0 Å². The molecule has 0 amide bonds. The van der Waals surface area contributed by atoms with Gasteiger partial charge in [-0.15, -0.1) is 0 Å². The average Bonchev–Trinajstić information content (AvgIpc) is 2.72. The smallest absolute Gasteiger partial charge is 0.143 e. The van der Waals surface area contributed by atoms with Gasteiger partial charge in [-0.25, -0.2) is 4.39 Å². The van der Waals surface area contributed by atoms with Gasteiger partial charge in [-0.3, -0.25) is 4.68 Å². The number of benzene rings is 1. The summed E-state index contributed by atoms with van der Waals surface area (Å²) in [6.07, 6.45) is 2.52. The van der Waals surface area contributed by atoms with E-state index in [2.05, 4.69) is 10.4 Å². The molecule has 0 saturated carbocycles. The van der Waals surface area contributed by atoms with Crippen molar-refractivity contribution in [2.75, 3.05) is 17.6 Å². The number of aryl methyl sites for hydroxylation is 1. The molecule has 2 aromatic rings. The molecule has 3 N–H and O–H groups in total. The first-order valence-electron chi connectivity index (χ1n) is 5.53. The van der Waals surface area contributed by atoms with Crippen LogP contribution in [0.4, 0.5) is 15.8 Å². The zero-order valence-electron chi connectivity index (χ0n) is 9.95. The molecule has 18 heavy (non-hydrogen) atoms. The normalized spacial score (nSPS) is 10.6. The van der Waals surface area contributed by atoms with Crippen LogP contribution in [0, 0.1) is 5.82 Å². The summed E-state index contributed by atoms with van der Waals surface area (Å²) in [5.74, 6) is -0.478. The third kappa shape index (κ3) is 2.73. The molecule has 96 valence electrons. The average molecular weight is 269 g/mol. The fourth-order valence-electron chi connectivity index (χ4n) is 1.69. The number of nitrogens with zero attached hydrogens (tertiary/aromatic N) is 2. The van der Waals surface area contributed by atoms with Gasteiger partial charge in [0, 0.05) is 38.0 Å². The number of anilines is 2. The van der Waals surface area contributed by atoms with E-state index in [0.717, 1.165) is 12.1 Å². The third-order valence-electron chi connectivity index (χ3n) is 2.71. The molecule has 0 atom stereocenters. The minimum atomic E-state index is -0.478. The van der Waals surface area contributed by atoms with Crippen molar-refractivity contribution in [3.05, 3.63) is 40.9 Å². The van der Waals surface area contributed by atoms with E-state index < -0.39 is 5.82 Å². The Morgan fingerprint density at radius 2 is 2.28 bits per heavy atom. The lowest BCUT2D eigenvalue weighted by Gasteiger charge is -2.10. The Hall–Kier alpha value is -1.75. The zero-order chi connectivity index (χ0) is 13.1. The number of nitrogens with one attached hydrogen (secondary N) is 1. The lowest BCUT2D eigenvalue weighted by atomic mass is 10.2. The highest BCUT2D eigenvalue weighted by Gasteiger charge is 2.06. The van der Waals surface area contributed by atoms with Crippen LogP contribution in [0.5, 0.6) is 0 Å². The first kappa shape index (κ1) is 12.7. The number of hydrogen-bond acceptors (Lipinski definition) is 3. The van der Waals surface area contributed by atoms with E-state index in [0.29, 0.717) is 17.9 Å². The second kappa shape index (κ2) is 5.27. The van der Waals surface area contributed by atoms with E-state index >= 15 is 0 Å². The highest BCUT2D eigenvalue weighted by atomic mass is 35.5. The Morgan fingerprint density at radius 3 is 2.94 bits per heavy atom. The summed E-state index contributed by atoms with van der Waals surface area (Å²) in [6, 6.07) is 4.65.